The summed E-state index contributed by atoms with van der Waals surface area (Å²) in [7, 11) is 0. The fourth-order valence-electron chi connectivity index (χ4n) is 3.08. The summed E-state index contributed by atoms with van der Waals surface area (Å²) in [6.07, 6.45) is 1.57. The molecule has 3 rings (SSSR count). The van der Waals surface area contributed by atoms with Crippen LogP contribution in [0.3, 0.4) is 0 Å². The maximum Gasteiger partial charge on any atom is 0.345 e. The largest absolute Gasteiger partial charge is 0.345 e. The van der Waals surface area contributed by atoms with Gasteiger partial charge in [0.05, 0.1) is 19.7 Å². The molecule has 0 N–H and O–H groups in total. The predicted molar refractivity (Wildman–Crippen MR) is 83.4 cm³/mol. The van der Waals surface area contributed by atoms with Crippen LogP contribution in [0.2, 0.25) is 0 Å². The van der Waals surface area contributed by atoms with Crippen LogP contribution >= 0.6 is 11.3 Å². The van der Waals surface area contributed by atoms with Crippen LogP contribution in [0.25, 0.3) is 10.4 Å². The van der Waals surface area contributed by atoms with Crippen LogP contribution in [-0.4, -0.2) is 34.9 Å². The van der Waals surface area contributed by atoms with Gasteiger partial charge in [-0.1, -0.05) is 11.2 Å². The Balaban J connectivity index is 2.06. The van der Waals surface area contributed by atoms with E-state index in [0.29, 0.717) is 6.54 Å². The van der Waals surface area contributed by atoms with Crippen LogP contribution in [0.4, 0.5) is 4.79 Å². The molecule has 1 fully saturated rings. The molecular weight excluding hydrogens is 318 g/mol. The highest BCUT2D eigenvalue weighted by Crippen LogP contribution is 2.48. The topological polar surface area (TPSA) is 98.6 Å². The first-order valence-corrected chi connectivity index (χ1v) is 7.93. The molecular formula is C14H15N5O3S. The van der Waals surface area contributed by atoms with Crippen molar-refractivity contribution in [2.75, 3.05) is 13.2 Å². The zero-order valence-electron chi connectivity index (χ0n) is 12.5. The highest BCUT2D eigenvalue weighted by atomic mass is 32.1. The second-order valence-corrected chi connectivity index (χ2v) is 6.21. The fourth-order valence-corrected chi connectivity index (χ4v) is 4.25. The van der Waals surface area contributed by atoms with Gasteiger partial charge >= 0.3 is 6.03 Å². The van der Waals surface area contributed by atoms with Gasteiger partial charge in [0.25, 0.3) is 0 Å². The van der Waals surface area contributed by atoms with E-state index in [9.17, 15) is 9.59 Å². The van der Waals surface area contributed by atoms with Gasteiger partial charge in [0, 0.05) is 15.4 Å². The van der Waals surface area contributed by atoms with E-state index in [1.165, 1.54) is 28.2 Å². The molecule has 0 aliphatic carbocycles. The SMILES string of the molecule is C=CCON1C(=O)N2CC1c1scc(CN=[N+]=[N-])c1[C@H]2C(C)=O. The lowest BCUT2D eigenvalue weighted by atomic mass is 9.93. The average molecular weight is 333 g/mol. The van der Waals surface area contributed by atoms with Crippen molar-refractivity contribution in [2.45, 2.75) is 25.6 Å². The number of thiophene rings is 1. The summed E-state index contributed by atoms with van der Waals surface area (Å²) >= 11 is 1.46. The zero-order valence-corrected chi connectivity index (χ0v) is 13.3. The molecule has 0 spiro atoms. The summed E-state index contributed by atoms with van der Waals surface area (Å²) in [5.74, 6) is -0.121. The second-order valence-electron chi connectivity index (χ2n) is 5.30. The highest BCUT2D eigenvalue weighted by molar-refractivity contribution is 7.10. The van der Waals surface area contributed by atoms with Gasteiger partial charge < -0.3 is 4.90 Å². The van der Waals surface area contributed by atoms with Gasteiger partial charge in [-0.25, -0.2) is 4.79 Å². The first-order chi connectivity index (χ1) is 11.1. The van der Waals surface area contributed by atoms with Gasteiger partial charge in [-0.15, -0.1) is 17.9 Å². The van der Waals surface area contributed by atoms with Crippen molar-refractivity contribution >= 4 is 23.2 Å². The van der Waals surface area contributed by atoms with Crippen LogP contribution in [0.15, 0.2) is 23.1 Å². The summed E-state index contributed by atoms with van der Waals surface area (Å²) in [6, 6.07) is -1.23. The third-order valence-corrected chi connectivity index (χ3v) is 5.08. The smallest absolute Gasteiger partial charge is 0.306 e. The molecule has 2 atom stereocenters. The molecule has 1 saturated heterocycles. The number of ketones is 1. The summed E-state index contributed by atoms with van der Waals surface area (Å²) in [5.41, 5.74) is 10.1. The van der Waals surface area contributed by atoms with Gasteiger partial charge in [-0.3, -0.25) is 9.63 Å². The molecule has 23 heavy (non-hydrogen) atoms. The molecule has 2 bridgehead atoms. The molecule has 1 aromatic rings. The van der Waals surface area contributed by atoms with Crippen LogP contribution in [0.1, 0.15) is 35.0 Å². The number of nitrogens with zero attached hydrogens (tertiary/aromatic N) is 5. The summed E-state index contributed by atoms with van der Waals surface area (Å²) in [6.45, 7) is 5.83. The Morgan fingerprint density at radius 2 is 2.48 bits per heavy atom. The van der Waals surface area contributed by atoms with Gasteiger partial charge in [0.2, 0.25) is 0 Å². The van der Waals surface area contributed by atoms with E-state index in [0.717, 1.165) is 16.0 Å². The normalized spacial score (nSPS) is 21.9. The maximum absolute atomic E-state index is 12.6. The lowest BCUT2D eigenvalue weighted by molar-refractivity contribution is -0.121. The standard InChI is InChI=1S/C14H15N5O3S/c1-3-4-22-19-10-6-18(14(19)21)12(8(2)20)11-9(5-16-17-15)7-23-13(10)11/h3,7,10,12H,1,4-6H2,2H3/t10?,12-/m1/s1. The minimum absolute atomic E-state index is 0.121. The summed E-state index contributed by atoms with van der Waals surface area (Å²) in [4.78, 5) is 35.4. The number of rotatable bonds is 6. The average Bonchev–Trinajstić information content (AvgIpc) is 3.06. The molecule has 120 valence electrons. The van der Waals surface area contributed by atoms with Crippen molar-refractivity contribution in [1.29, 1.82) is 0 Å². The lowest BCUT2D eigenvalue weighted by Crippen LogP contribution is -2.37. The summed E-state index contributed by atoms with van der Waals surface area (Å²) < 4.78 is 0. The maximum atomic E-state index is 12.6. The monoisotopic (exact) mass is 333 g/mol. The van der Waals surface area contributed by atoms with Gasteiger partial charge in [0.1, 0.15) is 12.1 Å². The Morgan fingerprint density at radius 3 is 3.13 bits per heavy atom. The lowest BCUT2D eigenvalue weighted by Gasteiger charge is -2.29. The third kappa shape index (κ3) is 2.39. The Morgan fingerprint density at radius 1 is 1.70 bits per heavy atom. The van der Waals surface area contributed by atoms with Gasteiger partial charge in [-0.2, -0.15) is 5.06 Å². The van der Waals surface area contributed by atoms with Crippen LogP contribution in [-0.2, 0) is 16.2 Å². The molecule has 1 aromatic heterocycles. The van der Waals surface area contributed by atoms with Crippen molar-refractivity contribution in [2.24, 2.45) is 5.11 Å². The van der Waals surface area contributed by atoms with Crippen LogP contribution in [0, 0.1) is 0 Å². The minimum Gasteiger partial charge on any atom is -0.306 e. The molecule has 2 amide bonds. The number of urea groups is 1. The van der Waals surface area contributed by atoms with Crippen LogP contribution in [0.5, 0.6) is 0 Å². The van der Waals surface area contributed by atoms with E-state index in [2.05, 4.69) is 16.6 Å². The first kappa shape index (κ1) is 15.5. The van der Waals surface area contributed by atoms with E-state index in [-0.39, 0.29) is 31.0 Å². The molecule has 0 radical (unpaired) electrons. The third-order valence-electron chi connectivity index (χ3n) is 3.94. The Labute approximate surface area is 136 Å². The van der Waals surface area contributed by atoms with E-state index >= 15 is 0 Å². The highest BCUT2D eigenvalue weighted by Gasteiger charge is 2.51. The van der Waals surface area contributed by atoms with E-state index < -0.39 is 6.04 Å². The Hall–Kier alpha value is -2.35. The molecule has 0 saturated carbocycles. The number of fused-ring (bicyclic) bond motifs is 4. The number of carbonyl (C=O) groups excluding carboxylic acids is 2. The van der Waals surface area contributed by atoms with E-state index in [1.807, 2.05) is 5.38 Å². The molecule has 0 aromatic carbocycles. The molecule has 3 heterocycles. The van der Waals surface area contributed by atoms with Crippen LogP contribution < -0.4 is 0 Å². The zero-order chi connectivity index (χ0) is 16.6. The Bertz CT molecular complexity index is 724. The Kier molecular flexibility index (Phi) is 4.08. The number of hydrogen-bond acceptors (Lipinski definition) is 5. The van der Waals surface area contributed by atoms with E-state index in [1.54, 1.807) is 6.08 Å². The molecule has 9 heteroatoms. The molecule has 8 nitrogen and oxygen atoms in total. The number of hydrogen-bond donors (Lipinski definition) is 0. The van der Waals surface area contributed by atoms with Gasteiger partial charge in [0.15, 0.2) is 5.78 Å². The quantitative estimate of drug-likeness (QED) is 0.346. The van der Waals surface area contributed by atoms with Crippen molar-refractivity contribution in [3.63, 3.8) is 0 Å². The molecule has 2 aliphatic rings. The fraction of sp³-hybridized carbons (Fsp3) is 0.429. The van der Waals surface area contributed by atoms with Crippen molar-refractivity contribution in [1.82, 2.24) is 9.96 Å². The number of Topliss-reactive ketones (excluding diaryl/α,β-unsaturated/α-hetero) is 1. The van der Waals surface area contributed by atoms with Crippen molar-refractivity contribution < 1.29 is 14.4 Å². The first-order valence-electron chi connectivity index (χ1n) is 7.05. The predicted octanol–water partition coefficient (Wildman–Crippen LogP) is 3.10. The number of carbonyl (C=O) groups is 2. The molecule has 2 aliphatic heterocycles. The summed E-state index contributed by atoms with van der Waals surface area (Å²) in [5, 5.41) is 6.79. The van der Waals surface area contributed by atoms with Crippen molar-refractivity contribution in [3.8, 4) is 0 Å². The van der Waals surface area contributed by atoms with E-state index in [4.69, 9.17) is 10.4 Å². The second kappa shape index (κ2) is 6.04. The number of hydroxylamine groups is 2. The van der Waals surface area contributed by atoms with Gasteiger partial charge in [-0.05, 0) is 23.4 Å². The van der Waals surface area contributed by atoms with Crippen molar-refractivity contribution in [3.05, 3.63) is 44.5 Å². The number of azide groups is 1. The number of amides is 2. The molecule has 1 unspecified atom stereocenters. The minimum atomic E-state index is -0.652.